The highest BCUT2D eigenvalue weighted by Crippen LogP contribution is 2.24. The van der Waals surface area contributed by atoms with Gasteiger partial charge in [-0.15, -0.1) is 13.2 Å². The minimum atomic E-state index is -4.77. The smallest absolute Gasteiger partial charge is 0.406 e. The molecule has 0 aliphatic carbocycles. The predicted octanol–water partition coefficient (Wildman–Crippen LogP) is 5.39. The van der Waals surface area contributed by atoms with Gasteiger partial charge in [-0.2, -0.15) is 0 Å². The molecule has 2 N–H and O–H groups in total. The van der Waals surface area contributed by atoms with Crippen LogP contribution in [0.4, 0.5) is 23.7 Å². The van der Waals surface area contributed by atoms with Crippen LogP contribution in [0.15, 0.2) is 72.9 Å². The number of halogens is 3. The molecule has 1 aromatic heterocycles. The zero-order valence-corrected chi connectivity index (χ0v) is 16.1. The van der Waals surface area contributed by atoms with Gasteiger partial charge in [0.1, 0.15) is 5.75 Å². The van der Waals surface area contributed by atoms with Crippen molar-refractivity contribution < 1.29 is 22.7 Å². The summed E-state index contributed by atoms with van der Waals surface area (Å²) in [6.45, 7) is 2.00. The van der Waals surface area contributed by atoms with Crippen molar-refractivity contribution in [1.82, 2.24) is 10.3 Å². The normalized spacial score (nSPS) is 12.1. The lowest BCUT2D eigenvalue weighted by atomic mass is 10.0. The van der Waals surface area contributed by atoms with E-state index in [0.29, 0.717) is 17.8 Å². The Hall–Kier alpha value is -3.55. The third-order valence-electron chi connectivity index (χ3n) is 4.26. The van der Waals surface area contributed by atoms with Crippen molar-refractivity contribution in [2.24, 2.45) is 0 Å². The van der Waals surface area contributed by atoms with Crippen molar-refractivity contribution in [2.75, 3.05) is 5.32 Å². The standard InChI is InChI=1S/C22H20F3N3O2/c1-15-5-7-16(8-6-15)14-20(19-4-2-3-13-26-19)28-21(29)27-17-9-11-18(12-10-17)30-22(23,24)25/h2-13,20H,14H2,1H3,(H2,27,28,29). The second kappa shape index (κ2) is 9.30. The van der Waals surface area contributed by atoms with E-state index in [-0.39, 0.29) is 11.8 Å². The Balaban J connectivity index is 1.68. The highest BCUT2D eigenvalue weighted by Gasteiger charge is 2.31. The quantitative estimate of drug-likeness (QED) is 0.567. The van der Waals surface area contributed by atoms with Crippen molar-refractivity contribution in [2.45, 2.75) is 25.7 Å². The molecule has 0 spiro atoms. The summed E-state index contributed by atoms with van der Waals surface area (Å²) < 4.78 is 40.6. The van der Waals surface area contributed by atoms with Crippen molar-refractivity contribution in [3.8, 4) is 5.75 Å². The molecule has 156 valence electrons. The van der Waals surface area contributed by atoms with Crippen molar-refractivity contribution >= 4 is 11.7 Å². The van der Waals surface area contributed by atoms with Crippen LogP contribution in [0.1, 0.15) is 22.9 Å². The Morgan fingerprint density at radius 3 is 2.33 bits per heavy atom. The van der Waals surface area contributed by atoms with Gasteiger partial charge in [-0.05, 0) is 55.3 Å². The van der Waals surface area contributed by atoms with Gasteiger partial charge in [0.15, 0.2) is 0 Å². The maximum Gasteiger partial charge on any atom is 0.573 e. The molecular formula is C22H20F3N3O2. The highest BCUT2D eigenvalue weighted by atomic mass is 19.4. The molecule has 5 nitrogen and oxygen atoms in total. The SMILES string of the molecule is Cc1ccc(CC(NC(=O)Nc2ccc(OC(F)(F)F)cc2)c2ccccn2)cc1. The lowest BCUT2D eigenvalue weighted by molar-refractivity contribution is -0.274. The molecule has 8 heteroatoms. The molecule has 0 aliphatic rings. The van der Waals surface area contributed by atoms with E-state index in [4.69, 9.17) is 0 Å². The number of carbonyl (C=O) groups is 1. The fourth-order valence-corrected chi connectivity index (χ4v) is 2.84. The van der Waals surface area contributed by atoms with Gasteiger partial charge in [0.05, 0.1) is 11.7 Å². The first-order chi connectivity index (χ1) is 14.3. The number of aromatic nitrogens is 1. The molecule has 2 amide bonds. The first-order valence-electron chi connectivity index (χ1n) is 9.18. The van der Waals surface area contributed by atoms with Crippen LogP contribution in [0, 0.1) is 6.92 Å². The number of nitrogens with one attached hydrogen (secondary N) is 2. The second-order valence-electron chi connectivity index (χ2n) is 6.67. The fraction of sp³-hybridized carbons (Fsp3) is 0.182. The molecule has 3 aromatic rings. The number of amides is 2. The van der Waals surface area contributed by atoms with Gasteiger partial charge in [-0.25, -0.2) is 4.79 Å². The van der Waals surface area contributed by atoms with E-state index in [1.54, 1.807) is 12.3 Å². The van der Waals surface area contributed by atoms with E-state index in [9.17, 15) is 18.0 Å². The van der Waals surface area contributed by atoms with Crippen LogP contribution in [0.25, 0.3) is 0 Å². The number of hydrogen-bond donors (Lipinski definition) is 2. The van der Waals surface area contributed by atoms with E-state index >= 15 is 0 Å². The average molecular weight is 415 g/mol. The van der Waals surface area contributed by atoms with Gasteiger partial charge in [-0.1, -0.05) is 35.9 Å². The Morgan fingerprint density at radius 2 is 1.73 bits per heavy atom. The summed E-state index contributed by atoms with van der Waals surface area (Å²) in [5.74, 6) is -0.362. The molecular weight excluding hydrogens is 395 g/mol. The Morgan fingerprint density at radius 1 is 1.03 bits per heavy atom. The van der Waals surface area contributed by atoms with Crippen molar-refractivity contribution in [3.63, 3.8) is 0 Å². The number of nitrogens with zero attached hydrogens (tertiary/aromatic N) is 1. The highest BCUT2D eigenvalue weighted by molar-refractivity contribution is 5.89. The van der Waals surface area contributed by atoms with Gasteiger partial charge in [0.2, 0.25) is 0 Å². The van der Waals surface area contributed by atoms with Gasteiger partial charge < -0.3 is 15.4 Å². The topological polar surface area (TPSA) is 63.2 Å². The van der Waals surface area contributed by atoms with E-state index in [0.717, 1.165) is 23.3 Å². The first kappa shape index (κ1) is 21.2. The summed E-state index contributed by atoms with van der Waals surface area (Å²) >= 11 is 0. The summed E-state index contributed by atoms with van der Waals surface area (Å²) in [4.78, 5) is 16.8. The molecule has 3 rings (SSSR count). The van der Waals surface area contributed by atoms with Gasteiger partial charge in [0, 0.05) is 11.9 Å². The number of benzene rings is 2. The lowest BCUT2D eigenvalue weighted by Crippen LogP contribution is -2.34. The van der Waals surface area contributed by atoms with Crippen LogP contribution >= 0.6 is 0 Å². The molecule has 0 fully saturated rings. The Bertz CT molecular complexity index is 960. The third-order valence-corrected chi connectivity index (χ3v) is 4.26. The summed E-state index contributed by atoms with van der Waals surface area (Å²) in [5.41, 5.74) is 3.20. The van der Waals surface area contributed by atoms with E-state index in [1.807, 2.05) is 43.3 Å². The lowest BCUT2D eigenvalue weighted by Gasteiger charge is -2.19. The molecule has 0 radical (unpaired) electrons. The zero-order chi connectivity index (χ0) is 21.6. The summed E-state index contributed by atoms with van der Waals surface area (Å²) in [6, 6.07) is 17.5. The molecule has 1 unspecified atom stereocenters. The van der Waals surface area contributed by atoms with Gasteiger partial charge in [-0.3, -0.25) is 4.98 Å². The van der Waals surface area contributed by atoms with Gasteiger partial charge in [0.25, 0.3) is 0 Å². The monoisotopic (exact) mass is 415 g/mol. The van der Waals surface area contributed by atoms with E-state index in [1.165, 1.54) is 12.1 Å². The molecule has 30 heavy (non-hydrogen) atoms. The fourth-order valence-electron chi connectivity index (χ4n) is 2.84. The van der Waals surface area contributed by atoms with Crippen LogP contribution in [-0.2, 0) is 6.42 Å². The number of anilines is 1. The van der Waals surface area contributed by atoms with Crippen LogP contribution in [0.2, 0.25) is 0 Å². The molecule has 0 saturated carbocycles. The number of urea groups is 1. The largest absolute Gasteiger partial charge is 0.573 e. The first-order valence-corrected chi connectivity index (χ1v) is 9.18. The zero-order valence-electron chi connectivity index (χ0n) is 16.1. The number of carbonyl (C=O) groups excluding carboxylic acids is 1. The van der Waals surface area contributed by atoms with Crippen LogP contribution in [0.5, 0.6) is 5.75 Å². The minimum absolute atomic E-state index is 0.331. The average Bonchev–Trinajstić information content (AvgIpc) is 2.70. The molecule has 0 aliphatic heterocycles. The molecule has 0 saturated heterocycles. The number of aryl methyl sites for hydroxylation is 1. The maximum absolute atomic E-state index is 12.5. The van der Waals surface area contributed by atoms with E-state index in [2.05, 4.69) is 20.4 Å². The van der Waals surface area contributed by atoms with Crippen LogP contribution in [0.3, 0.4) is 0 Å². The Labute approximate surface area is 171 Å². The Kier molecular flexibility index (Phi) is 6.56. The van der Waals surface area contributed by atoms with Gasteiger partial charge >= 0.3 is 12.4 Å². The summed E-state index contributed by atoms with van der Waals surface area (Å²) in [7, 11) is 0. The van der Waals surface area contributed by atoms with E-state index < -0.39 is 12.4 Å². The summed E-state index contributed by atoms with van der Waals surface area (Å²) in [5, 5.41) is 5.49. The number of rotatable bonds is 6. The van der Waals surface area contributed by atoms with Crippen LogP contribution in [-0.4, -0.2) is 17.4 Å². The third kappa shape index (κ3) is 6.51. The molecule has 1 atom stereocenters. The number of pyridine rings is 1. The second-order valence-corrected chi connectivity index (χ2v) is 6.67. The number of hydrogen-bond acceptors (Lipinski definition) is 3. The van der Waals surface area contributed by atoms with Crippen molar-refractivity contribution in [1.29, 1.82) is 0 Å². The molecule has 0 bridgehead atoms. The van der Waals surface area contributed by atoms with Crippen molar-refractivity contribution in [3.05, 3.63) is 89.7 Å². The maximum atomic E-state index is 12.5. The summed E-state index contributed by atoms with van der Waals surface area (Å²) in [6.07, 6.45) is -2.59. The predicted molar refractivity (Wildman–Crippen MR) is 107 cm³/mol. The van der Waals surface area contributed by atoms with Crippen LogP contribution < -0.4 is 15.4 Å². The molecule has 2 aromatic carbocycles. The number of ether oxygens (including phenoxy) is 1. The minimum Gasteiger partial charge on any atom is -0.406 e. The molecule has 1 heterocycles. The number of alkyl halides is 3.